The van der Waals surface area contributed by atoms with Crippen molar-refractivity contribution >= 4 is 17.6 Å². The number of benzene rings is 1. The van der Waals surface area contributed by atoms with Crippen LogP contribution in [0.3, 0.4) is 0 Å². The van der Waals surface area contributed by atoms with Gasteiger partial charge in [-0.3, -0.25) is 4.79 Å². The van der Waals surface area contributed by atoms with E-state index >= 15 is 0 Å². The maximum atomic E-state index is 11.7. The number of hydrogen-bond acceptors (Lipinski definition) is 4. The monoisotopic (exact) mass is 248 g/mol. The molecular formula is C13H16N2O3. The Kier molecular flexibility index (Phi) is 5.57. The number of carbonyl (C=O) groups is 2. The molecule has 0 spiro atoms. The number of ether oxygens (including phenoxy) is 1. The zero-order valence-corrected chi connectivity index (χ0v) is 10.5. The van der Waals surface area contributed by atoms with Gasteiger partial charge >= 0.3 is 5.97 Å². The van der Waals surface area contributed by atoms with Crippen molar-refractivity contribution in [3.63, 3.8) is 0 Å². The van der Waals surface area contributed by atoms with E-state index in [1.807, 2.05) is 30.3 Å². The molecule has 0 saturated carbocycles. The van der Waals surface area contributed by atoms with Crippen molar-refractivity contribution < 1.29 is 14.3 Å². The van der Waals surface area contributed by atoms with Crippen molar-refractivity contribution in [1.29, 1.82) is 0 Å². The minimum Gasteiger partial charge on any atom is -0.461 e. The van der Waals surface area contributed by atoms with E-state index < -0.39 is 5.97 Å². The van der Waals surface area contributed by atoms with E-state index in [0.717, 1.165) is 5.56 Å². The van der Waals surface area contributed by atoms with Gasteiger partial charge in [-0.2, -0.15) is 5.10 Å². The van der Waals surface area contributed by atoms with E-state index in [2.05, 4.69) is 10.5 Å². The normalized spacial score (nSPS) is 10.9. The predicted octanol–water partition coefficient (Wildman–Crippen LogP) is 1.28. The van der Waals surface area contributed by atoms with Crippen LogP contribution >= 0.6 is 0 Å². The maximum absolute atomic E-state index is 11.7. The molecule has 0 aromatic heterocycles. The van der Waals surface area contributed by atoms with Crippen molar-refractivity contribution in [3.8, 4) is 0 Å². The molecule has 18 heavy (non-hydrogen) atoms. The highest BCUT2D eigenvalue weighted by Gasteiger charge is 2.13. The van der Waals surface area contributed by atoms with Crippen LogP contribution in [0, 0.1) is 0 Å². The number of carbonyl (C=O) groups excluding carboxylic acids is 2. The standard InChI is InChI=1S/C13H16N2O3/c1-3-18-13(17)12(15-14-10(2)16)9-11-7-5-4-6-8-11/h4-8H,3,9H2,1-2H3,(H,14,16)/b15-12-. The fourth-order valence-corrected chi connectivity index (χ4v) is 1.31. The minimum absolute atomic E-state index is 0.179. The van der Waals surface area contributed by atoms with Crippen molar-refractivity contribution in [2.24, 2.45) is 5.10 Å². The summed E-state index contributed by atoms with van der Waals surface area (Å²) in [6, 6.07) is 9.39. The Labute approximate surface area is 106 Å². The van der Waals surface area contributed by atoms with Crippen LogP contribution in [0.15, 0.2) is 35.4 Å². The van der Waals surface area contributed by atoms with Gasteiger partial charge in [0.1, 0.15) is 5.71 Å². The SMILES string of the molecule is CCOC(=O)/C(Cc1ccccc1)=N\NC(C)=O. The molecule has 0 fully saturated rings. The van der Waals surface area contributed by atoms with Gasteiger partial charge in [-0.15, -0.1) is 0 Å². The molecule has 96 valence electrons. The van der Waals surface area contributed by atoms with Crippen LogP contribution in [0.4, 0.5) is 0 Å². The molecule has 5 heteroatoms. The van der Waals surface area contributed by atoms with E-state index in [-0.39, 0.29) is 18.2 Å². The van der Waals surface area contributed by atoms with Crippen molar-refractivity contribution in [3.05, 3.63) is 35.9 Å². The van der Waals surface area contributed by atoms with E-state index in [1.54, 1.807) is 6.92 Å². The Morgan fingerprint density at radius 1 is 1.28 bits per heavy atom. The molecule has 1 aromatic carbocycles. The lowest BCUT2D eigenvalue weighted by atomic mass is 10.1. The summed E-state index contributed by atoms with van der Waals surface area (Å²) in [7, 11) is 0. The smallest absolute Gasteiger partial charge is 0.354 e. The molecular weight excluding hydrogens is 232 g/mol. The highest BCUT2D eigenvalue weighted by molar-refractivity contribution is 6.37. The van der Waals surface area contributed by atoms with Crippen LogP contribution in [-0.4, -0.2) is 24.2 Å². The van der Waals surface area contributed by atoms with Gasteiger partial charge in [-0.25, -0.2) is 10.2 Å². The first kappa shape index (κ1) is 13.9. The summed E-state index contributed by atoms with van der Waals surface area (Å²) in [6.07, 6.45) is 0.319. The fourth-order valence-electron chi connectivity index (χ4n) is 1.31. The van der Waals surface area contributed by atoms with Gasteiger partial charge in [0.2, 0.25) is 5.91 Å². The van der Waals surface area contributed by atoms with Gasteiger partial charge in [0.25, 0.3) is 0 Å². The molecule has 0 saturated heterocycles. The largest absolute Gasteiger partial charge is 0.461 e. The third-order valence-corrected chi connectivity index (χ3v) is 2.07. The molecule has 1 amide bonds. The molecule has 5 nitrogen and oxygen atoms in total. The third-order valence-electron chi connectivity index (χ3n) is 2.07. The first-order valence-electron chi connectivity index (χ1n) is 5.67. The average Bonchev–Trinajstić information content (AvgIpc) is 2.35. The molecule has 0 heterocycles. The van der Waals surface area contributed by atoms with Crippen LogP contribution in [0.2, 0.25) is 0 Å². The molecule has 0 aliphatic rings. The van der Waals surface area contributed by atoms with E-state index in [1.165, 1.54) is 6.92 Å². The summed E-state index contributed by atoms with van der Waals surface area (Å²) >= 11 is 0. The summed E-state index contributed by atoms with van der Waals surface area (Å²) in [6.45, 7) is 3.32. The zero-order chi connectivity index (χ0) is 13.4. The van der Waals surface area contributed by atoms with Crippen LogP contribution < -0.4 is 5.43 Å². The number of rotatable bonds is 5. The lowest BCUT2D eigenvalue weighted by molar-refractivity contribution is -0.135. The van der Waals surface area contributed by atoms with Crippen LogP contribution in [0.1, 0.15) is 19.4 Å². The zero-order valence-electron chi connectivity index (χ0n) is 10.5. The van der Waals surface area contributed by atoms with Crippen molar-refractivity contribution in [2.45, 2.75) is 20.3 Å². The minimum atomic E-state index is -0.518. The van der Waals surface area contributed by atoms with Gasteiger partial charge in [0, 0.05) is 13.3 Å². The quantitative estimate of drug-likeness (QED) is 0.485. The summed E-state index contributed by atoms with van der Waals surface area (Å²) in [4.78, 5) is 22.5. The number of hydrogen-bond donors (Lipinski definition) is 1. The Morgan fingerprint density at radius 2 is 1.94 bits per heavy atom. The first-order valence-corrected chi connectivity index (χ1v) is 5.67. The summed E-state index contributed by atoms with van der Waals surface area (Å²) in [5, 5.41) is 3.78. The second-order valence-electron chi connectivity index (χ2n) is 3.61. The second-order valence-corrected chi connectivity index (χ2v) is 3.61. The summed E-state index contributed by atoms with van der Waals surface area (Å²) < 4.78 is 4.89. The average molecular weight is 248 g/mol. The van der Waals surface area contributed by atoms with Gasteiger partial charge in [-0.05, 0) is 12.5 Å². The van der Waals surface area contributed by atoms with Gasteiger partial charge in [-0.1, -0.05) is 30.3 Å². The van der Waals surface area contributed by atoms with E-state index in [9.17, 15) is 9.59 Å². The maximum Gasteiger partial charge on any atom is 0.354 e. The number of hydrazone groups is 1. The Morgan fingerprint density at radius 3 is 2.50 bits per heavy atom. The van der Waals surface area contributed by atoms with Crippen LogP contribution in [-0.2, 0) is 20.7 Å². The molecule has 1 aromatic rings. The molecule has 0 radical (unpaired) electrons. The molecule has 1 rings (SSSR count). The lowest BCUT2D eigenvalue weighted by Crippen LogP contribution is -2.25. The molecule has 0 aliphatic heterocycles. The Balaban J connectivity index is 2.80. The molecule has 0 unspecified atom stereocenters. The van der Waals surface area contributed by atoms with Gasteiger partial charge in [0.05, 0.1) is 6.61 Å². The van der Waals surface area contributed by atoms with Gasteiger partial charge in [0.15, 0.2) is 0 Å². The number of nitrogens with zero attached hydrogens (tertiary/aromatic N) is 1. The summed E-state index contributed by atoms with van der Waals surface area (Å²) in [5.41, 5.74) is 3.36. The third kappa shape index (κ3) is 4.78. The molecule has 0 aliphatic carbocycles. The van der Waals surface area contributed by atoms with Crippen LogP contribution in [0.25, 0.3) is 0 Å². The Hall–Kier alpha value is -2.17. The van der Waals surface area contributed by atoms with Gasteiger partial charge < -0.3 is 4.74 Å². The topological polar surface area (TPSA) is 67.8 Å². The summed E-state index contributed by atoms with van der Waals surface area (Å²) in [5.74, 6) is -0.847. The molecule has 0 bridgehead atoms. The highest BCUT2D eigenvalue weighted by Crippen LogP contribution is 2.02. The van der Waals surface area contributed by atoms with E-state index in [4.69, 9.17) is 4.74 Å². The van der Waals surface area contributed by atoms with Crippen molar-refractivity contribution in [2.75, 3.05) is 6.61 Å². The number of amides is 1. The fraction of sp³-hybridized carbons (Fsp3) is 0.308. The lowest BCUT2D eigenvalue weighted by Gasteiger charge is -2.06. The highest BCUT2D eigenvalue weighted by atomic mass is 16.5. The predicted molar refractivity (Wildman–Crippen MR) is 68.0 cm³/mol. The van der Waals surface area contributed by atoms with E-state index in [0.29, 0.717) is 6.42 Å². The Bertz CT molecular complexity index is 441. The van der Waals surface area contributed by atoms with Crippen molar-refractivity contribution in [1.82, 2.24) is 5.43 Å². The second kappa shape index (κ2) is 7.21. The first-order chi connectivity index (χ1) is 8.63. The number of nitrogens with one attached hydrogen (secondary N) is 1. The van der Waals surface area contributed by atoms with Crippen LogP contribution in [0.5, 0.6) is 0 Å². The molecule has 0 atom stereocenters. The number of esters is 1. The molecule has 1 N–H and O–H groups in total.